The second-order valence-electron chi connectivity index (χ2n) is 34.4. The van der Waals surface area contributed by atoms with E-state index in [1.807, 2.05) is 78.0 Å². The number of aliphatic hydroxyl groups is 4. The number of ketones is 4. The number of ether oxygens (including phenoxy) is 2. The Morgan fingerprint density at radius 1 is 0.343 bits per heavy atom. The number of fused-ring (bicyclic) bond motifs is 6. The molecule has 0 aromatic carbocycles. The van der Waals surface area contributed by atoms with Gasteiger partial charge in [-0.3, -0.25) is 19.2 Å². The van der Waals surface area contributed by atoms with Gasteiger partial charge in [-0.25, -0.2) is 9.59 Å². The summed E-state index contributed by atoms with van der Waals surface area (Å²) >= 11 is 0. The van der Waals surface area contributed by atoms with Crippen LogP contribution in [0.25, 0.3) is 0 Å². The van der Waals surface area contributed by atoms with E-state index in [4.69, 9.17) is 29.9 Å². The molecule has 0 bridgehead atoms. The SMILES string of the molecule is C=CC1CC(C=C)C2CC(C(=O)CO)=CC12.C=CC1CC(C=C)C2CC(C(=O)CO)=CC12.C=CC1CC(C=C)C2CC(C(=O)OC(C)(C)C)=CC12.CCC1CC(CC)C2CC(C(=O)CO)=CC12.CCC1CC(CC)C2CC(C(=O)CO)CC12.CCC1CC(CC)C2CC(C(=O)OC(C)(C)C)=CC12. The van der Waals surface area contributed by atoms with Crippen LogP contribution >= 0.6 is 0 Å². The Labute approximate surface area is 615 Å². The highest BCUT2D eigenvalue weighted by Gasteiger charge is 2.51. The van der Waals surface area contributed by atoms with Crippen LogP contribution in [0.4, 0.5) is 0 Å². The summed E-state index contributed by atoms with van der Waals surface area (Å²) in [6.07, 6.45) is 43.9. The third-order valence-electron chi connectivity index (χ3n) is 26.9. The molecule has 24 atom stereocenters. The molecular formula is C90H134O12. The van der Waals surface area contributed by atoms with E-state index in [2.05, 4.69) is 111 Å². The molecule has 0 aromatic rings. The highest BCUT2D eigenvalue weighted by molar-refractivity contribution is 5.98. The van der Waals surface area contributed by atoms with Crippen molar-refractivity contribution in [1.82, 2.24) is 0 Å². The Bertz CT molecular complexity index is 3040. The highest BCUT2D eigenvalue weighted by atomic mass is 16.6. The van der Waals surface area contributed by atoms with Gasteiger partial charge in [0.05, 0.1) is 0 Å². The number of Topliss-reactive ketones (excluding diaryl/α,β-unsaturated/α-hetero) is 4. The van der Waals surface area contributed by atoms with Crippen molar-refractivity contribution in [2.75, 3.05) is 26.4 Å². The van der Waals surface area contributed by atoms with Crippen molar-refractivity contribution in [3.05, 3.63) is 134 Å². The Kier molecular flexibility index (Phi) is 31.0. The van der Waals surface area contributed by atoms with Gasteiger partial charge in [0, 0.05) is 17.1 Å². The summed E-state index contributed by atoms with van der Waals surface area (Å²) < 4.78 is 11.0. The first-order chi connectivity index (χ1) is 48.5. The molecule has 4 N–H and O–H groups in total. The quantitative estimate of drug-likeness (QED) is 0.0591. The molecule has 7 fully saturated rings. The van der Waals surface area contributed by atoms with Crippen LogP contribution in [-0.2, 0) is 38.2 Å². The largest absolute Gasteiger partial charge is 0.457 e. The van der Waals surface area contributed by atoms with Crippen molar-refractivity contribution in [3.8, 4) is 0 Å². The first-order valence-electron chi connectivity index (χ1n) is 39.9. The first-order valence-corrected chi connectivity index (χ1v) is 39.9. The van der Waals surface area contributed by atoms with Crippen molar-refractivity contribution in [2.24, 2.45) is 148 Å². The summed E-state index contributed by atoms with van der Waals surface area (Å²) in [6, 6.07) is 0. The molecule has 0 saturated heterocycles. The molecule has 566 valence electrons. The lowest BCUT2D eigenvalue weighted by Gasteiger charge is -2.21. The van der Waals surface area contributed by atoms with E-state index in [1.54, 1.807) is 0 Å². The standard InChI is InChI=1S/C17H28O2.C17H24O2.C14H24O2.C14H22O2.2C14H18O2/c2*1-6-11-8-12(7-2)15-10-13(9-14(11)15)16(18)19-17(3,4)5;4*1-3-9-5-10(4-2)13-7-11(6-12(9)13)14(16)8-15/h9,11-12,14-15H,6-8,10H2,1-5H3;6-7,9,11-12,14-15H,1-2,8,10H2,3-5H3;9-13,15H,3-8H2,1-2H3;6,9-10,12-13,15H,3-5,7-8H2,1-2H3;2*3-4,6,9-10,12-13,15H,1-2,5,7-8H2. The Hall–Kier alpha value is -5.40. The molecule has 0 aliphatic heterocycles. The number of allylic oxidation sites excluding steroid dienone is 11. The van der Waals surface area contributed by atoms with Gasteiger partial charge in [0.15, 0.2) is 23.1 Å². The van der Waals surface area contributed by atoms with Crippen molar-refractivity contribution >= 4 is 35.1 Å². The minimum absolute atomic E-state index is 0.0564. The van der Waals surface area contributed by atoms with Gasteiger partial charge < -0.3 is 29.9 Å². The molecule has 7 saturated carbocycles. The molecule has 0 aromatic heterocycles. The zero-order valence-corrected chi connectivity index (χ0v) is 64.8. The summed E-state index contributed by atoms with van der Waals surface area (Å²) in [5.41, 5.74) is 3.46. The third-order valence-corrected chi connectivity index (χ3v) is 26.9. The molecule has 0 spiro atoms. The predicted molar refractivity (Wildman–Crippen MR) is 411 cm³/mol. The molecule has 12 aliphatic carbocycles. The second-order valence-corrected chi connectivity index (χ2v) is 34.4. The van der Waals surface area contributed by atoms with Gasteiger partial charge in [-0.05, 0) is 284 Å². The number of esters is 2. The van der Waals surface area contributed by atoms with Crippen molar-refractivity contribution in [2.45, 2.75) is 216 Å². The van der Waals surface area contributed by atoms with Gasteiger partial charge in [0.2, 0.25) is 0 Å². The fourth-order valence-corrected chi connectivity index (χ4v) is 21.6. The molecule has 0 amide bonds. The third kappa shape index (κ3) is 19.8. The average Bonchev–Trinajstić information content (AvgIpc) is 1.68. The number of hydrogen-bond donors (Lipinski definition) is 4. The summed E-state index contributed by atoms with van der Waals surface area (Å²) in [5.74, 6) is 14.2. The zero-order valence-electron chi connectivity index (χ0n) is 64.8. The van der Waals surface area contributed by atoms with E-state index in [9.17, 15) is 28.8 Å². The van der Waals surface area contributed by atoms with E-state index >= 15 is 0 Å². The van der Waals surface area contributed by atoms with E-state index in [0.29, 0.717) is 94.7 Å². The van der Waals surface area contributed by atoms with Crippen molar-refractivity contribution < 1.29 is 58.7 Å². The maximum atomic E-state index is 12.2. The summed E-state index contributed by atoms with van der Waals surface area (Å²) in [7, 11) is 0. The van der Waals surface area contributed by atoms with Gasteiger partial charge >= 0.3 is 11.9 Å². The van der Waals surface area contributed by atoms with Crippen LogP contribution in [0, 0.1) is 148 Å². The monoisotopic (exact) mass is 1410 g/mol. The normalized spacial score (nSPS) is 36.6. The maximum Gasteiger partial charge on any atom is 0.334 e. The summed E-state index contributed by atoms with van der Waals surface area (Å²) in [6.45, 7) is 47.1. The number of carbonyl (C=O) groups is 6. The topological polar surface area (TPSA) is 202 Å². The number of rotatable bonds is 22. The molecular weight excluding hydrogens is 1270 g/mol. The lowest BCUT2D eigenvalue weighted by Crippen LogP contribution is -2.25. The lowest BCUT2D eigenvalue weighted by molar-refractivity contribution is -0.151. The van der Waals surface area contributed by atoms with Crippen LogP contribution in [0.2, 0.25) is 0 Å². The highest BCUT2D eigenvalue weighted by Crippen LogP contribution is 2.58. The van der Waals surface area contributed by atoms with Crippen LogP contribution < -0.4 is 0 Å². The van der Waals surface area contributed by atoms with Gasteiger partial charge in [0.1, 0.15) is 37.6 Å². The van der Waals surface area contributed by atoms with Crippen molar-refractivity contribution in [1.29, 1.82) is 0 Å². The zero-order chi connectivity index (χ0) is 75.2. The first kappa shape index (κ1) is 83.9. The summed E-state index contributed by atoms with van der Waals surface area (Å²) in [5, 5.41) is 35.6. The number of aliphatic hydroxyl groups excluding tert-OH is 4. The molecule has 12 heteroatoms. The van der Waals surface area contributed by atoms with Crippen LogP contribution in [0.3, 0.4) is 0 Å². The molecule has 24 unspecified atom stereocenters. The predicted octanol–water partition coefficient (Wildman–Crippen LogP) is 17.7. The Morgan fingerprint density at radius 2 is 0.598 bits per heavy atom. The molecule has 12 aliphatic rings. The fraction of sp³-hybridized carbons (Fsp3) is 0.689. The Morgan fingerprint density at radius 3 is 0.882 bits per heavy atom. The fourth-order valence-electron chi connectivity index (χ4n) is 21.6. The van der Waals surface area contributed by atoms with Gasteiger partial charge in [-0.2, -0.15) is 0 Å². The molecule has 12 nitrogen and oxygen atoms in total. The number of carbonyl (C=O) groups excluding carboxylic acids is 6. The lowest BCUT2D eigenvalue weighted by atomic mass is 9.87. The summed E-state index contributed by atoms with van der Waals surface area (Å²) in [4.78, 5) is 70.4. The average molecular weight is 1410 g/mol. The molecule has 0 radical (unpaired) electrons. The van der Waals surface area contributed by atoms with E-state index in [-0.39, 0.29) is 73.0 Å². The molecule has 0 heterocycles. The van der Waals surface area contributed by atoms with Gasteiger partial charge in [-0.1, -0.05) is 147 Å². The van der Waals surface area contributed by atoms with Gasteiger partial charge in [0.25, 0.3) is 0 Å². The Balaban J connectivity index is 0.000000172. The van der Waals surface area contributed by atoms with Crippen molar-refractivity contribution in [3.63, 3.8) is 0 Å². The molecule has 102 heavy (non-hydrogen) atoms. The van der Waals surface area contributed by atoms with E-state index in [1.165, 1.54) is 57.8 Å². The van der Waals surface area contributed by atoms with Crippen LogP contribution in [0.1, 0.15) is 205 Å². The van der Waals surface area contributed by atoms with Crippen LogP contribution in [0.5, 0.6) is 0 Å². The molecule has 12 rings (SSSR count). The second kappa shape index (κ2) is 37.7. The van der Waals surface area contributed by atoms with E-state index < -0.39 is 5.60 Å². The number of hydrogen-bond acceptors (Lipinski definition) is 12. The van der Waals surface area contributed by atoms with Gasteiger partial charge in [-0.15, -0.1) is 39.5 Å². The van der Waals surface area contributed by atoms with Crippen LogP contribution in [0.15, 0.2) is 134 Å². The smallest absolute Gasteiger partial charge is 0.334 e. The maximum absolute atomic E-state index is 12.2. The van der Waals surface area contributed by atoms with Crippen LogP contribution in [-0.4, -0.2) is 93.1 Å². The van der Waals surface area contributed by atoms with E-state index in [0.717, 1.165) is 139 Å². The minimum atomic E-state index is -0.425. The minimum Gasteiger partial charge on any atom is -0.457 e.